The van der Waals surface area contributed by atoms with Crippen LogP contribution >= 0.6 is 0 Å². The van der Waals surface area contributed by atoms with Gasteiger partial charge in [0.1, 0.15) is 4.75 Å². The summed E-state index contributed by atoms with van der Waals surface area (Å²) in [4.78, 5) is 10.6. The second-order valence-corrected chi connectivity index (χ2v) is 5.20. The molecular weight excluding hydrogens is 217 g/mol. The van der Waals surface area contributed by atoms with Crippen LogP contribution < -0.4 is 35.3 Å². The largest absolute Gasteiger partial charge is 1.00 e. The van der Waals surface area contributed by atoms with Crippen LogP contribution in [0.4, 0.5) is 0 Å². The summed E-state index contributed by atoms with van der Waals surface area (Å²) in [5.74, 6) is -0.999. The first-order chi connectivity index (χ1) is 5.77. The van der Waals surface area contributed by atoms with Gasteiger partial charge in [-0.25, -0.2) is 4.79 Å². The third kappa shape index (κ3) is 4.10. The fourth-order valence-corrected chi connectivity index (χ4v) is 1.07. The maximum Gasteiger partial charge on any atom is 1.00 e. The van der Waals surface area contributed by atoms with Gasteiger partial charge in [-0.2, -0.15) is 8.42 Å². The van der Waals surface area contributed by atoms with E-state index in [-0.39, 0.29) is 37.5 Å². The normalized spacial score (nSPS) is 11.4. The number of hydrogen-bond donors (Lipinski definition) is 1. The van der Waals surface area contributed by atoms with Gasteiger partial charge in [-0.05, 0) is 13.8 Å². The summed E-state index contributed by atoms with van der Waals surface area (Å²) >= 11 is 0. The van der Waals surface area contributed by atoms with E-state index in [1.165, 1.54) is 13.8 Å². The van der Waals surface area contributed by atoms with Gasteiger partial charge in [-0.3, -0.25) is 0 Å². The summed E-state index contributed by atoms with van der Waals surface area (Å²) in [7, 11) is -3.97. The Balaban J connectivity index is -0.000000720. The first kappa shape index (κ1) is 16.5. The van der Waals surface area contributed by atoms with Crippen molar-refractivity contribution in [3.63, 3.8) is 0 Å². The summed E-state index contributed by atoms with van der Waals surface area (Å²) in [5, 5.41) is 0. The van der Waals surface area contributed by atoms with Crippen LogP contribution in [0.15, 0.2) is 12.7 Å². The molecule has 0 saturated carbocycles. The Morgan fingerprint density at radius 2 is 2.07 bits per heavy atom. The standard InChI is InChI=1S/C7H13NO4S.Na.H/c1-4-6(9)12-13(10,11)7(2,3)5-8;;/h4H,1,5,8H2,2-3H3;;/q;+1;-1. The van der Waals surface area contributed by atoms with Crippen molar-refractivity contribution in [1.82, 2.24) is 0 Å². The Labute approximate surface area is 108 Å². The van der Waals surface area contributed by atoms with E-state index in [1.807, 2.05) is 0 Å². The maximum absolute atomic E-state index is 11.3. The topological polar surface area (TPSA) is 86.5 Å². The molecule has 0 heterocycles. The zero-order chi connectivity index (χ0) is 10.7. The molecule has 0 aromatic rings. The third-order valence-corrected chi connectivity index (χ3v) is 3.43. The fourth-order valence-electron chi connectivity index (χ4n) is 0.357. The molecule has 0 unspecified atom stereocenters. The van der Waals surface area contributed by atoms with Crippen LogP contribution in [-0.2, 0) is 19.1 Å². The van der Waals surface area contributed by atoms with Gasteiger partial charge in [0.15, 0.2) is 0 Å². The van der Waals surface area contributed by atoms with Crippen molar-refractivity contribution in [2.75, 3.05) is 6.54 Å². The van der Waals surface area contributed by atoms with Crippen molar-refractivity contribution in [1.29, 1.82) is 0 Å². The minimum Gasteiger partial charge on any atom is -1.00 e. The van der Waals surface area contributed by atoms with Crippen molar-refractivity contribution >= 4 is 16.1 Å². The van der Waals surface area contributed by atoms with Crippen LogP contribution in [0.3, 0.4) is 0 Å². The van der Waals surface area contributed by atoms with Gasteiger partial charge in [-0.15, -0.1) is 0 Å². The second kappa shape index (κ2) is 5.87. The van der Waals surface area contributed by atoms with Gasteiger partial charge < -0.3 is 11.3 Å². The fraction of sp³-hybridized carbons (Fsp3) is 0.571. The Kier molecular flexibility index (Phi) is 6.94. The smallest absolute Gasteiger partial charge is 1.00 e. The molecule has 0 aliphatic rings. The van der Waals surface area contributed by atoms with Crippen molar-refractivity contribution in [2.45, 2.75) is 18.6 Å². The Morgan fingerprint density at radius 1 is 1.64 bits per heavy atom. The van der Waals surface area contributed by atoms with E-state index >= 15 is 0 Å². The van der Waals surface area contributed by atoms with Crippen LogP contribution in [0.5, 0.6) is 0 Å². The van der Waals surface area contributed by atoms with E-state index in [4.69, 9.17) is 5.73 Å². The minimum atomic E-state index is -3.97. The molecule has 0 saturated heterocycles. The number of rotatable bonds is 4. The molecule has 0 aromatic heterocycles. The number of hydrogen-bond acceptors (Lipinski definition) is 5. The van der Waals surface area contributed by atoms with E-state index in [9.17, 15) is 13.2 Å². The minimum absolute atomic E-state index is 0. The molecule has 0 fully saturated rings. The van der Waals surface area contributed by atoms with Gasteiger partial charge >= 0.3 is 45.6 Å². The van der Waals surface area contributed by atoms with Crippen molar-refractivity contribution < 1.29 is 48.4 Å². The predicted octanol–water partition coefficient (Wildman–Crippen LogP) is -3.10. The number of nitrogens with two attached hydrogens (primary N) is 1. The van der Waals surface area contributed by atoms with E-state index in [1.54, 1.807) is 0 Å². The van der Waals surface area contributed by atoms with Gasteiger partial charge in [0.25, 0.3) is 0 Å². The summed E-state index contributed by atoms with van der Waals surface area (Å²) in [6, 6.07) is 0. The van der Waals surface area contributed by atoms with Crippen LogP contribution in [0.1, 0.15) is 15.3 Å². The molecule has 0 spiro atoms. The average molecular weight is 231 g/mol. The third-order valence-electron chi connectivity index (χ3n) is 1.53. The second-order valence-electron chi connectivity index (χ2n) is 3.02. The summed E-state index contributed by atoms with van der Waals surface area (Å²) in [5.41, 5.74) is 5.21. The Bertz CT molecular complexity index is 315. The van der Waals surface area contributed by atoms with Gasteiger partial charge in [0.05, 0.1) is 0 Å². The van der Waals surface area contributed by atoms with E-state index in [0.717, 1.165) is 6.08 Å². The molecule has 78 valence electrons. The molecule has 0 aliphatic carbocycles. The first-order valence-corrected chi connectivity index (χ1v) is 4.98. The zero-order valence-corrected chi connectivity index (χ0v) is 11.4. The molecule has 0 rings (SSSR count). The molecule has 0 bridgehead atoms. The van der Waals surface area contributed by atoms with Crippen molar-refractivity contribution in [2.24, 2.45) is 5.73 Å². The molecule has 5 nitrogen and oxygen atoms in total. The SMILES string of the molecule is C=CC(=O)OS(=O)(=O)C(C)(C)CN.[H-].[Na+]. The Hall–Kier alpha value is 0.120. The van der Waals surface area contributed by atoms with E-state index in [2.05, 4.69) is 10.8 Å². The van der Waals surface area contributed by atoms with Gasteiger partial charge in [0, 0.05) is 12.6 Å². The van der Waals surface area contributed by atoms with Crippen LogP contribution in [0.25, 0.3) is 0 Å². The molecule has 2 N–H and O–H groups in total. The van der Waals surface area contributed by atoms with Crippen molar-refractivity contribution in [3.8, 4) is 0 Å². The average Bonchev–Trinajstić information content (AvgIpc) is 2.03. The van der Waals surface area contributed by atoms with Crippen LogP contribution in [0, 0.1) is 0 Å². The van der Waals surface area contributed by atoms with Crippen LogP contribution in [-0.4, -0.2) is 25.7 Å². The molecular formula is C7H14NNaO4S. The Morgan fingerprint density at radius 3 is 2.36 bits per heavy atom. The zero-order valence-electron chi connectivity index (χ0n) is 9.61. The summed E-state index contributed by atoms with van der Waals surface area (Å²) in [6.07, 6.45) is 0.782. The monoisotopic (exact) mass is 231 g/mol. The van der Waals surface area contributed by atoms with Gasteiger partial charge in [0.2, 0.25) is 0 Å². The van der Waals surface area contributed by atoms with Gasteiger partial charge in [-0.1, -0.05) is 6.58 Å². The quantitative estimate of drug-likeness (QED) is 0.314. The van der Waals surface area contributed by atoms with E-state index < -0.39 is 20.8 Å². The van der Waals surface area contributed by atoms with Crippen molar-refractivity contribution in [3.05, 3.63) is 12.7 Å². The number of carbonyl (C=O) groups is 1. The molecule has 0 amide bonds. The molecule has 7 heteroatoms. The summed E-state index contributed by atoms with van der Waals surface area (Å²) < 4.78 is 25.5. The first-order valence-electron chi connectivity index (χ1n) is 3.57. The van der Waals surface area contributed by atoms with E-state index in [0.29, 0.717) is 0 Å². The van der Waals surface area contributed by atoms with Crippen LogP contribution in [0.2, 0.25) is 0 Å². The maximum atomic E-state index is 11.3. The molecule has 0 radical (unpaired) electrons. The predicted molar refractivity (Wildman–Crippen MR) is 49.5 cm³/mol. The number of carbonyl (C=O) groups excluding carboxylic acids is 1. The molecule has 0 aliphatic heterocycles. The molecule has 14 heavy (non-hydrogen) atoms. The molecule has 0 atom stereocenters. The summed E-state index contributed by atoms with van der Waals surface area (Å²) in [6.45, 7) is 5.70. The molecule has 0 aromatic carbocycles.